The highest BCUT2D eigenvalue weighted by Gasteiger charge is 2.02. The molecule has 82 valence electrons. The summed E-state index contributed by atoms with van der Waals surface area (Å²) in [6, 6.07) is 14.9. The Kier molecular flexibility index (Phi) is 2.97. The molecule has 0 fully saturated rings. The summed E-state index contributed by atoms with van der Waals surface area (Å²) in [7, 11) is -1.39. The SMILES string of the molecule is [2H]c1cc(C)ccc1S(=O)Nc1ccccc1. The van der Waals surface area contributed by atoms with Crippen molar-refractivity contribution < 1.29 is 5.58 Å². The smallest absolute Gasteiger partial charge is 0.150 e. The first-order valence-electron chi connectivity index (χ1n) is 5.47. The third-order valence-electron chi connectivity index (χ3n) is 2.12. The van der Waals surface area contributed by atoms with Gasteiger partial charge < -0.3 is 4.72 Å². The first-order valence-corrected chi connectivity index (χ1v) is 6.12. The number of para-hydroxylation sites is 1. The van der Waals surface area contributed by atoms with Crippen LogP contribution in [-0.4, -0.2) is 4.21 Å². The van der Waals surface area contributed by atoms with E-state index < -0.39 is 11.0 Å². The van der Waals surface area contributed by atoms with Crippen molar-refractivity contribution in [1.82, 2.24) is 0 Å². The summed E-state index contributed by atoms with van der Waals surface area (Å²) in [6.07, 6.45) is 0. The Hall–Kier alpha value is -1.61. The van der Waals surface area contributed by atoms with Crippen LogP contribution in [0.25, 0.3) is 0 Å². The Labute approximate surface area is 99.3 Å². The average molecular weight is 232 g/mol. The van der Waals surface area contributed by atoms with Gasteiger partial charge in [0, 0.05) is 5.69 Å². The Morgan fingerprint density at radius 2 is 1.88 bits per heavy atom. The van der Waals surface area contributed by atoms with E-state index in [1.807, 2.05) is 43.3 Å². The van der Waals surface area contributed by atoms with Crippen LogP contribution in [0.4, 0.5) is 5.69 Å². The maximum atomic E-state index is 12.0. The normalized spacial score (nSPS) is 12.9. The zero-order chi connectivity index (χ0) is 12.3. The van der Waals surface area contributed by atoms with Gasteiger partial charge in [0.15, 0.2) is 0 Å². The number of anilines is 1. The van der Waals surface area contributed by atoms with Crippen LogP contribution >= 0.6 is 0 Å². The predicted molar refractivity (Wildman–Crippen MR) is 67.7 cm³/mol. The van der Waals surface area contributed by atoms with Crippen molar-refractivity contribution >= 4 is 16.7 Å². The van der Waals surface area contributed by atoms with Gasteiger partial charge in [-0.25, -0.2) is 4.21 Å². The fourth-order valence-corrected chi connectivity index (χ4v) is 2.09. The van der Waals surface area contributed by atoms with Gasteiger partial charge in [-0.3, -0.25) is 0 Å². The standard InChI is InChI=1S/C13H13NOS/c1-11-7-9-13(10-8-11)16(15)14-12-5-3-2-4-6-12/h2-10,14H,1H3/i9D. The summed E-state index contributed by atoms with van der Waals surface area (Å²) in [6.45, 7) is 1.91. The van der Waals surface area contributed by atoms with E-state index in [4.69, 9.17) is 1.37 Å². The van der Waals surface area contributed by atoms with E-state index in [1.54, 1.807) is 12.1 Å². The molecule has 0 amide bonds. The minimum absolute atomic E-state index is 0.298. The van der Waals surface area contributed by atoms with Crippen LogP contribution in [0.3, 0.4) is 0 Å². The van der Waals surface area contributed by atoms with Gasteiger partial charge in [-0.1, -0.05) is 35.9 Å². The Balaban J connectivity index is 2.21. The maximum Gasteiger partial charge on any atom is 0.150 e. The molecule has 0 aromatic heterocycles. The second-order valence-corrected chi connectivity index (χ2v) is 4.65. The van der Waals surface area contributed by atoms with Gasteiger partial charge in [0.1, 0.15) is 11.0 Å². The van der Waals surface area contributed by atoms with E-state index in [2.05, 4.69) is 4.72 Å². The number of rotatable bonds is 3. The molecule has 2 rings (SSSR count). The molecule has 0 spiro atoms. The largest absolute Gasteiger partial charge is 0.301 e. The number of aryl methyl sites for hydroxylation is 1. The van der Waals surface area contributed by atoms with Gasteiger partial charge >= 0.3 is 0 Å². The Bertz CT molecular complexity index is 542. The van der Waals surface area contributed by atoms with Crippen molar-refractivity contribution in [2.24, 2.45) is 0 Å². The molecule has 0 heterocycles. The van der Waals surface area contributed by atoms with Crippen molar-refractivity contribution in [2.75, 3.05) is 4.72 Å². The lowest BCUT2D eigenvalue weighted by atomic mass is 10.2. The molecule has 0 radical (unpaired) electrons. The van der Waals surface area contributed by atoms with Crippen LogP contribution in [-0.2, 0) is 11.0 Å². The first-order chi connectivity index (χ1) is 8.16. The van der Waals surface area contributed by atoms with E-state index in [-0.39, 0.29) is 0 Å². The number of benzene rings is 2. The molecule has 2 aromatic carbocycles. The minimum Gasteiger partial charge on any atom is -0.301 e. The second-order valence-electron chi connectivity index (χ2n) is 3.47. The molecule has 1 unspecified atom stereocenters. The van der Waals surface area contributed by atoms with Crippen LogP contribution in [0.1, 0.15) is 6.93 Å². The molecule has 2 aromatic rings. The quantitative estimate of drug-likeness (QED) is 0.865. The van der Waals surface area contributed by atoms with E-state index in [1.165, 1.54) is 0 Å². The average Bonchev–Trinajstić information content (AvgIpc) is 2.30. The summed E-state index contributed by atoms with van der Waals surface area (Å²) in [4.78, 5) is 0.499. The number of nitrogens with one attached hydrogen (secondary N) is 1. The summed E-state index contributed by atoms with van der Waals surface area (Å²) in [5.41, 5.74) is 1.78. The zero-order valence-electron chi connectivity index (χ0n) is 9.94. The Morgan fingerprint density at radius 3 is 2.56 bits per heavy atom. The third kappa shape index (κ3) is 2.70. The molecule has 0 aliphatic rings. The molecule has 0 aliphatic heterocycles. The fourth-order valence-electron chi connectivity index (χ4n) is 1.27. The van der Waals surface area contributed by atoms with Gasteiger partial charge in [0.05, 0.1) is 6.27 Å². The maximum absolute atomic E-state index is 12.0. The topological polar surface area (TPSA) is 29.1 Å². The number of hydrogen-bond donors (Lipinski definition) is 1. The Morgan fingerprint density at radius 1 is 1.12 bits per heavy atom. The number of hydrogen-bond acceptors (Lipinski definition) is 1. The summed E-state index contributed by atoms with van der Waals surface area (Å²) >= 11 is 0. The zero-order valence-corrected chi connectivity index (χ0v) is 9.75. The molecule has 2 nitrogen and oxygen atoms in total. The van der Waals surface area contributed by atoms with Gasteiger partial charge in [-0.2, -0.15) is 0 Å². The lowest BCUT2D eigenvalue weighted by molar-refractivity contribution is 0.686. The first kappa shape index (κ1) is 9.60. The molecule has 16 heavy (non-hydrogen) atoms. The van der Waals surface area contributed by atoms with Gasteiger partial charge in [-0.05, 0) is 31.2 Å². The van der Waals surface area contributed by atoms with Gasteiger partial charge in [0.25, 0.3) is 0 Å². The van der Waals surface area contributed by atoms with Gasteiger partial charge in [-0.15, -0.1) is 0 Å². The van der Waals surface area contributed by atoms with Crippen LogP contribution in [0.5, 0.6) is 0 Å². The summed E-state index contributed by atoms with van der Waals surface area (Å²) < 4.78 is 22.7. The predicted octanol–water partition coefficient (Wildman–Crippen LogP) is 3.13. The van der Waals surface area contributed by atoms with Crippen molar-refractivity contribution in [1.29, 1.82) is 0 Å². The summed E-state index contributed by atoms with van der Waals surface area (Å²) in [5, 5.41) is 0. The van der Waals surface area contributed by atoms with Crippen molar-refractivity contribution in [3.8, 4) is 0 Å². The molecule has 0 aliphatic carbocycles. The van der Waals surface area contributed by atoms with Crippen molar-refractivity contribution in [3.05, 3.63) is 60.1 Å². The monoisotopic (exact) mass is 232 g/mol. The fraction of sp³-hybridized carbons (Fsp3) is 0.0769. The highest BCUT2D eigenvalue weighted by atomic mass is 32.2. The minimum atomic E-state index is -1.39. The van der Waals surface area contributed by atoms with E-state index in [0.29, 0.717) is 10.9 Å². The lowest BCUT2D eigenvalue weighted by Gasteiger charge is -2.05. The van der Waals surface area contributed by atoms with Crippen LogP contribution in [0.15, 0.2) is 59.5 Å². The lowest BCUT2D eigenvalue weighted by Crippen LogP contribution is -2.04. The molecule has 1 atom stereocenters. The molecule has 1 N–H and O–H groups in total. The van der Waals surface area contributed by atoms with Crippen molar-refractivity contribution in [2.45, 2.75) is 11.8 Å². The molecule has 3 heteroatoms. The van der Waals surface area contributed by atoms with Crippen molar-refractivity contribution in [3.63, 3.8) is 0 Å². The third-order valence-corrected chi connectivity index (χ3v) is 3.20. The molecule has 0 saturated heterocycles. The molecule has 0 saturated carbocycles. The van der Waals surface area contributed by atoms with Crippen LogP contribution in [0.2, 0.25) is 0 Å². The highest BCUT2D eigenvalue weighted by Crippen LogP contribution is 2.12. The van der Waals surface area contributed by atoms with Gasteiger partial charge in [0.2, 0.25) is 0 Å². The van der Waals surface area contributed by atoms with E-state index in [9.17, 15) is 4.21 Å². The molecular formula is C13H13NOS. The van der Waals surface area contributed by atoms with Crippen LogP contribution < -0.4 is 4.72 Å². The van der Waals surface area contributed by atoms with E-state index >= 15 is 0 Å². The second kappa shape index (κ2) is 4.94. The summed E-state index contributed by atoms with van der Waals surface area (Å²) in [5.74, 6) is 0. The molecule has 0 bridgehead atoms. The highest BCUT2D eigenvalue weighted by molar-refractivity contribution is 7.86. The van der Waals surface area contributed by atoms with E-state index in [0.717, 1.165) is 11.3 Å². The molecular weight excluding hydrogens is 218 g/mol. The van der Waals surface area contributed by atoms with Crippen LogP contribution in [0, 0.1) is 6.92 Å².